The monoisotopic (exact) mass is 328 g/mol. The zero-order valence-electron chi connectivity index (χ0n) is 13.7. The second kappa shape index (κ2) is 5.56. The molecule has 6 nitrogen and oxygen atoms in total. The highest BCUT2D eigenvalue weighted by atomic mass is 16.5. The van der Waals surface area contributed by atoms with Crippen LogP contribution < -0.4 is 14.2 Å². The molecule has 124 valence electrons. The maximum atomic E-state index is 12.9. The molecule has 1 N–H and O–H groups in total. The van der Waals surface area contributed by atoms with E-state index in [1.807, 2.05) is 6.92 Å². The number of ether oxygens (including phenoxy) is 3. The van der Waals surface area contributed by atoms with E-state index in [2.05, 4.69) is 0 Å². The predicted octanol–water partition coefficient (Wildman–Crippen LogP) is 2.50. The van der Waals surface area contributed by atoms with Gasteiger partial charge in [-0.05, 0) is 30.7 Å². The van der Waals surface area contributed by atoms with Crippen molar-refractivity contribution < 1.29 is 28.9 Å². The summed E-state index contributed by atoms with van der Waals surface area (Å²) in [5, 5.41) is 10.5. The van der Waals surface area contributed by atoms with Crippen molar-refractivity contribution in [2.45, 2.75) is 6.92 Å². The van der Waals surface area contributed by atoms with E-state index in [0.717, 1.165) is 5.56 Å². The van der Waals surface area contributed by atoms with Crippen molar-refractivity contribution in [2.24, 2.45) is 0 Å². The highest BCUT2D eigenvalue weighted by Crippen LogP contribution is 2.46. The fourth-order valence-electron chi connectivity index (χ4n) is 2.98. The van der Waals surface area contributed by atoms with Gasteiger partial charge in [-0.25, -0.2) is 0 Å². The smallest absolute Gasteiger partial charge is 0.203 e. The standard InChI is InChI=1S/C18H16O6/c1-8-5-9-13(11(6-8)22-2)16(20)14-10(15(9)19)7-12(23-3)18(24-4)17(14)21/h5-7,21H,1-4H3. The Labute approximate surface area is 138 Å². The lowest BCUT2D eigenvalue weighted by molar-refractivity contribution is 0.0973. The molecule has 0 spiro atoms. The number of phenols is 1. The van der Waals surface area contributed by atoms with Crippen LogP contribution in [0.4, 0.5) is 0 Å². The van der Waals surface area contributed by atoms with Crippen LogP contribution in [-0.4, -0.2) is 38.0 Å². The van der Waals surface area contributed by atoms with E-state index in [-0.39, 0.29) is 39.5 Å². The molecule has 24 heavy (non-hydrogen) atoms. The highest BCUT2D eigenvalue weighted by Gasteiger charge is 2.37. The van der Waals surface area contributed by atoms with Gasteiger partial charge in [-0.3, -0.25) is 9.59 Å². The van der Waals surface area contributed by atoms with Crippen molar-refractivity contribution in [3.63, 3.8) is 0 Å². The summed E-state index contributed by atoms with van der Waals surface area (Å²) in [6.07, 6.45) is 0. The molecule has 0 heterocycles. The minimum Gasteiger partial charge on any atom is -0.504 e. The number of methoxy groups -OCH3 is 3. The van der Waals surface area contributed by atoms with Crippen LogP contribution in [0.2, 0.25) is 0 Å². The van der Waals surface area contributed by atoms with Crippen LogP contribution in [0, 0.1) is 6.92 Å². The van der Waals surface area contributed by atoms with Gasteiger partial charge in [0.05, 0.1) is 32.5 Å². The molecule has 6 heteroatoms. The summed E-state index contributed by atoms with van der Waals surface area (Å²) in [5.41, 5.74) is 1.15. The first kappa shape index (κ1) is 15.9. The second-order valence-corrected chi connectivity index (χ2v) is 5.43. The molecule has 0 radical (unpaired) electrons. The van der Waals surface area contributed by atoms with E-state index < -0.39 is 11.5 Å². The molecule has 0 saturated heterocycles. The fraction of sp³-hybridized carbons (Fsp3) is 0.222. The van der Waals surface area contributed by atoms with Crippen LogP contribution in [0.3, 0.4) is 0 Å². The van der Waals surface area contributed by atoms with E-state index in [9.17, 15) is 14.7 Å². The lowest BCUT2D eigenvalue weighted by Crippen LogP contribution is -2.22. The molecule has 1 aliphatic rings. The summed E-state index contributed by atoms with van der Waals surface area (Å²) in [5.74, 6) is -0.806. The summed E-state index contributed by atoms with van der Waals surface area (Å²) in [6.45, 7) is 1.81. The van der Waals surface area contributed by atoms with Crippen molar-refractivity contribution in [2.75, 3.05) is 21.3 Å². The van der Waals surface area contributed by atoms with Gasteiger partial charge in [-0.1, -0.05) is 0 Å². The summed E-state index contributed by atoms with van der Waals surface area (Å²) in [7, 11) is 4.16. The number of aryl methyl sites for hydroxylation is 1. The Balaban J connectivity index is 2.38. The summed E-state index contributed by atoms with van der Waals surface area (Å²) in [6, 6.07) is 4.72. The van der Waals surface area contributed by atoms with Gasteiger partial charge in [0.25, 0.3) is 0 Å². The zero-order valence-corrected chi connectivity index (χ0v) is 13.7. The first-order valence-corrected chi connectivity index (χ1v) is 7.20. The molecule has 0 unspecified atom stereocenters. The Hall–Kier alpha value is -3.02. The van der Waals surface area contributed by atoms with Gasteiger partial charge < -0.3 is 19.3 Å². The van der Waals surface area contributed by atoms with Gasteiger partial charge in [0.2, 0.25) is 11.5 Å². The molecule has 0 fully saturated rings. The SMILES string of the molecule is COc1cc2c(c(O)c1OC)C(=O)c1c(OC)cc(C)cc1C2=O. The number of rotatable bonds is 3. The van der Waals surface area contributed by atoms with Gasteiger partial charge in [0.15, 0.2) is 17.3 Å². The molecule has 0 bridgehead atoms. The van der Waals surface area contributed by atoms with E-state index in [1.165, 1.54) is 27.4 Å². The third-order valence-corrected chi connectivity index (χ3v) is 4.05. The molecule has 0 aromatic heterocycles. The Morgan fingerprint density at radius 1 is 0.792 bits per heavy atom. The largest absolute Gasteiger partial charge is 0.504 e. The van der Waals surface area contributed by atoms with Crippen molar-refractivity contribution in [3.8, 4) is 23.0 Å². The lowest BCUT2D eigenvalue weighted by atomic mass is 9.82. The number of phenolic OH excluding ortho intramolecular Hbond substituents is 1. The molecule has 2 aromatic rings. The van der Waals surface area contributed by atoms with Crippen LogP contribution in [-0.2, 0) is 0 Å². The minimum atomic E-state index is -0.491. The molecule has 0 amide bonds. The summed E-state index contributed by atoms with van der Waals surface area (Å²) < 4.78 is 15.5. The van der Waals surface area contributed by atoms with E-state index in [4.69, 9.17) is 14.2 Å². The van der Waals surface area contributed by atoms with Gasteiger partial charge >= 0.3 is 0 Å². The van der Waals surface area contributed by atoms with E-state index in [0.29, 0.717) is 5.75 Å². The number of hydrogen-bond donors (Lipinski definition) is 1. The van der Waals surface area contributed by atoms with Crippen molar-refractivity contribution in [1.82, 2.24) is 0 Å². The number of ketones is 2. The molecule has 3 rings (SSSR count). The molecule has 1 aliphatic carbocycles. The van der Waals surface area contributed by atoms with Gasteiger partial charge in [0.1, 0.15) is 5.75 Å². The quantitative estimate of drug-likeness (QED) is 0.795. The second-order valence-electron chi connectivity index (χ2n) is 5.43. The molecule has 2 aromatic carbocycles. The van der Waals surface area contributed by atoms with E-state index >= 15 is 0 Å². The third-order valence-electron chi connectivity index (χ3n) is 4.05. The fourth-order valence-corrected chi connectivity index (χ4v) is 2.98. The number of benzene rings is 2. The number of hydrogen-bond acceptors (Lipinski definition) is 6. The van der Waals surface area contributed by atoms with E-state index in [1.54, 1.807) is 12.1 Å². The maximum absolute atomic E-state index is 12.9. The van der Waals surface area contributed by atoms with Crippen LogP contribution in [0.5, 0.6) is 23.0 Å². The van der Waals surface area contributed by atoms with Crippen LogP contribution in [0.1, 0.15) is 37.4 Å². The number of carbonyl (C=O) groups excluding carboxylic acids is 2. The lowest BCUT2D eigenvalue weighted by Gasteiger charge is -2.23. The Kier molecular flexibility index (Phi) is 3.67. The molecule has 0 saturated carbocycles. The summed E-state index contributed by atoms with van der Waals surface area (Å²) >= 11 is 0. The molecule has 0 aliphatic heterocycles. The maximum Gasteiger partial charge on any atom is 0.203 e. The highest BCUT2D eigenvalue weighted by molar-refractivity contribution is 6.30. The Morgan fingerprint density at radius 2 is 1.42 bits per heavy atom. The van der Waals surface area contributed by atoms with Crippen molar-refractivity contribution in [3.05, 3.63) is 46.0 Å². The molecular weight excluding hydrogens is 312 g/mol. The number of carbonyl (C=O) groups is 2. The predicted molar refractivity (Wildman–Crippen MR) is 85.8 cm³/mol. The molecule has 0 atom stereocenters. The Morgan fingerprint density at radius 3 is 2.00 bits per heavy atom. The van der Waals surface area contributed by atoms with Crippen molar-refractivity contribution >= 4 is 11.6 Å². The van der Waals surface area contributed by atoms with Crippen molar-refractivity contribution in [1.29, 1.82) is 0 Å². The number of fused-ring (bicyclic) bond motifs is 2. The van der Waals surface area contributed by atoms with Gasteiger partial charge in [-0.2, -0.15) is 0 Å². The minimum absolute atomic E-state index is 0.00642. The average molecular weight is 328 g/mol. The molecular formula is C18H16O6. The average Bonchev–Trinajstić information content (AvgIpc) is 2.57. The van der Waals surface area contributed by atoms with Crippen LogP contribution in [0.25, 0.3) is 0 Å². The zero-order chi connectivity index (χ0) is 17.6. The normalized spacial score (nSPS) is 12.5. The Bertz CT molecular complexity index is 882. The van der Waals surface area contributed by atoms with Crippen LogP contribution in [0.15, 0.2) is 18.2 Å². The van der Waals surface area contributed by atoms with Gasteiger partial charge in [-0.15, -0.1) is 0 Å². The first-order chi connectivity index (χ1) is 11.4. The van der Waals surface area contributed by atoms with Gasteiger partial charge in [0, 0.05) is 11.1 Å². The third kappa shape index (κ3) is 2.03. The van der Waals surface area contributed by atoms with Crippen LogP contribution >= 0.6 is 0 Å². The first-order valence-electron chi connectivity index (χ1n) is 7.20. The number of aromatic hydroxyl groups is 1. The summed E-state index contributed by atoms with van der Waals surface area (Å²) in [4.78, 5) is 25.8. The topological polar surface area (TPSA) is 82.1 Å².